The topological polar surface area (TPSA) is 46.2 Å². The molecule has 1 atom stereocenters. The van der Waals surface area contributed by atoms with E-state index in [-0.39, 0.29) is 12.0 Å². The van der Waals surface area contributed by atoms with Crippen molar-refractivity contribution in [2.24, 2.45) is 17.1 Å². The molecule has 0 aliphatic rings. The van der Waals surface area contributed by atoms with Crippen LogP contribution in [0.2, 0.25) is 5.02 Å². The molecule has 1 unspecified atom stereocenters. The van der Waals surface area contributed by atoms with Crippen LogP contribution in [0.4, 0.5) is 0 Å². The molecule has 0 aliphatic carbocycles. The maximum absolute atomic E-state index is 9.64. The lowest BCUT2D eigenvalue weighted by Gasteiger charge is -2.32. The number of halogens is 1. The zero-order valence-electron chi connectivity index (χ0n) is 10.6. The zero-order valence-corrected chi connectivity index (χ0v) is 11.4. The third-order valence-corrected chi connectivity index (χ3v) is 3.35. The van der Waals surface area contributed by atoms with E-state index in [2.05, 4.69) is 13.8 Å². The van der Waals surface area contributed by atoms with E-state index in [9.17, 15) is 5.11 Å². The molecule has 0 bridgehead atoms. The molecule has 0 heterocycles. The van der Waals surface area contributed by atoms with Crippen molar-refractivity contribution in [2.75, 3.05) is 13.2 Å². The van der Waals surface area contributed by atoms with Crippen LogP contribution < -0.4 is 5.73 Å². The normalized spacial score (nSPS) is 14.9. The van der Waals surface area contributed by atoms with Crippen molar-refractivity contribution in [3.63, 3.8) is 0 Å². The first-order chi connectivity index (χ1) is 8.01. The Labute approximate surface area is 109 Å². The van der Waals surface area contributed by atoms with Gasteiger partial charge in [-0.1, -0.05) is 37.6 Å². The van der Waals surface area contributed by atoms with Crippen molar-refractivity contribution in [1.82, 2.24) is 0 Å². The molecule has 96 valence electrons. The van der Waals surface area contributed by atoms with Gasteiger partial charge in [0.1, 0.15) is 0 Å². The molecule has 1 rings (SSSR count). The van der Waals surface area contributed by atoms with E-state index in [0.29, 0.717) is 12.5 Å². The molecule has 3 N–H and O–H groups in total. The van der Waals surface area contributed by atoms with Crippen molar-refractivity contribution in [3.05, 3.63) is 34.9 Å². The van der Waals surface area contributed by atoms with Crippen LogP contribution in [0.1, 0.15) is 25.8 Å². The highest BCUT2D eigenvalue weighted by Gasteiger charge is 2.29. The van der Waals surface area contributed by atoms with Crippen LogP contribution in [0.25, 0.3) is 0 Å². The number of aliphatic hydroxyl groups is 1. The summed E-state index contributed by atoms with van der Waals surface area (Å²) in [4.78, 5) is 0. The van der Waals surface area contributed by atoms with E-state index in [1.165, 1.54) is 5.56 Å². The molecule has 0 fully saturated rings. The highest BCUT2D eigenvalue weighted by atomic mass is 35.5. The summed E-state index contributed by atoms with van der Waals surface area (Å²) in [6.45, 7) is 4.94. The average molecular weight is 256 g/mol. The van der Waals surface area contributed by atoms with Gasteiger partial charge in [0, 0.05) is 17.0 Å². The first-order valence-corrected chi connectivity index (χ1v) is 6.44. The van der Waals surface area contributed by atoms with Gasteiger partial charge in [-0.25, -0.2) is 0 Å². The van der Waals surface area contributed by atoms with Crippen LogP contribution in [0.3, 0.4) is 0 Å². The van der Waals surface area contributed by atoms with Gasteiger partial charge in [-0.05, 0) is 36.5 Å². The van der Waals surface area contributed by atoms with E-state index in [1.807, 2.05) is 24.3 Å². The summed E-state index contributed by atoms with van der Waals surface area (Å²) in [5, 5.41) is 10.4. The summed E-state index contributed by atoms with van der Waals surface area (Å²) in [5.74, 6) is 0.526. The number of aliphatic hydroxyl groups excluding tert-OH is 1. The van der Waals surface area contributed by atoms with Crippen molar-refractivity contribution in [1.29, 1.82) is 0 Å². The molecule has 17 heavy (non-hydrogen) atoms. The van der Waals surface area contributed by atoms with E-state index >= 15 is 0 Å². The number of hydrogen-bond acceptors (Lipinski definition) is 2. The standard InChI is InChI=1S/C14H22ClNO/c1-11(2)7-14(9-16,10-17)8-12-3-5-13(15)6-4-12/h3-6,11,17H,7-10,16H2,1-2H3. The van der Waals surface area contributed by atoms with Gasteiger partial charge < -0.3 is 10.8 Å². The fraction of sp³-hybridized carbons (Fsp3) is 0.571. The molecule has 2 nitrogen and oxygen atoms in total. The Kier molecular flexibility index (Phi) is 5.44. The van der Waals surface area contributed by atoms with Crippen LogP contribution in [-0.4, -0.2) is 18.3 Å². The predicted octanol–water partition coefficient (Wildman–Crippen LogP) is 2.87. The summed E-state index contributed by atoms with van der Waals surface area (Å²) in [6, 6.07) is 7.77. The molecular formula is C14H22ClNO. The minimum absolute atomic E-state index is 0.129. The van der Waals surface area contributed by atoms with Crippen LogP contribution in [0.15, 0.2) is 24.3 Å². The predicted molar refractivity (Wildman–Crippen MR) is 73.2 cm³/mol. The minimum atomic E-state index is -0.206. The zero-order chi connectivity index (χ0) is 12.9. The van der Waals surface area contributed by atoms with Crippen molar-refractivity contribution < 1.29 is 5.11 Å². The summed E-state index contributed by atoms with van der Waals surface area (Å²) >= 11 is 5.86. The van der Waals surface area contributed by atoms with Gasteiger partial charge in [0.05, 0.1) is 6.61 Å². The van der Waals surface area contributed by atoms with Crippen LogP contribution in [0.5, 0.6) is 0 Å². The summed E-state index contributed by atoms with van der Waals surface area (Å²) in [7, 11) is 0. The molecule has 0 amide bonds. The molecule has 1 aromatic rings. The minimum Gasteiger partial charge on any atom is -0.396 e. The van der Waals surface area contributed by atoms with Crippen LogP contribution in [0, 0.1) is 11.3 Å². The molecule has 1 aromatic carbocycles. The molecule has 0 aliphatic heterocycles. The largest absolute Gasteiger partial charge is 0.396 e. The van der Waals surface area contributed by atoms with Crippen LogP contribution >= 0.6 is 11.6 Å². The lowest BCUT2D eigenvalue weighted by Crippen LogP contribution is -2.37. The van der Waals surface area contributed by atoms with Crippen molar-refractivity contribution in [2.45, 2.75) is 26.7 Å². The van der Waals surface area contributed by atoms with Gasteiger partial charge in [0.2, 0.25) is 0 Å². The van der Waals surface area contributed by atoms with Gasteiger partial charge in [-0.2, -0.15) is 0 Å². The van der Waals surface area contributed by atoms with Gasteiger partial charge in [-0.3, -0.25) is 0 Å². The van der Waals surface area contributed by atoms with E-state index in [4.69, 9.17) is 17.3 Å². The molecule has 0 saturated carbocycles. The van der Waals surface area contributed by atoms with Crippen molar-refractivity contribution in [3.8, 4) is 0 Å². The highest BCUT2D eigenvalue weighted by Crippen LogP contribution is 2.29. The Balaban J connectivity index is 2.82. The summed E-state index contributed by atoms with van der Waals surface area (Å²) in [6.07, 6.45) is 1.73. The quantitative estimate of drug-likeness (QED) is 0.821. The Morgan fingerprint density at radius 1 is 1.29 bits per heavy atom. The Hall–Kier alpha value is -0.570. The number of benzene rings is 1. The lowest BCUT2D eigenvalue weighted by atomic mass is 9.76. The van der Waals surface area contributed by atoms with Crippen molar-refractivity contribution >= 4 is 11.6 Å². The van der Waals surface area contributed by atoms with E-state index in [0.717, 1.165) is 17.9 Å². The van der Waals surface area contributed by atoms with Gasteiger partial charge in [0.15, 0.2) is 0 Å². The number of hydrogen-bond donors (Lipinski definition) is 2. The lowest BCUT2D eigenvalue weighted by molar-refractivity contribution is 0.108. The molecule has 0 radical (unpaired) electrons. The highest BCUT2D eigenvalue weighted by molar-refractivity contribution is 6.30. The van der Waals surface area contributed by atoms with Gasteiger partial charge in [0.25, 0.3) is 0 Å². The third kappa shape index (κ3) is 4.30. The maximum atomic E-state index is 9.64. The Morgan fingerprint density at radius 2 is 1.88 bits per heavy atom. The number of rotatable bonds is 6. The Morgan fingerprint density at radius 3 is 2.29 bits per heavy atom. The maximum Gasteiger partial charge on any atom is 0.0502 e. The molecule has 0 spiro atoms. The SMILES string of the molecule is CC(C)CC(CN)(CO)Cc1ccc(Cl)cc1. The van der Waals surface area contributed by atoms with E-state index in [1.54, 1.807) is 0 Å². The fourth-order valence-corrected chi connectivity index (χ4v) is 2.44. The Bertz CT molecular complexity index is 331. The molecule has 0 aromatic heterocycles. The second-order valence-corrected chi connectivity index (χ2v) is 5.70. The third-order valence-electron chi connectivity index (χ3n) is 3.10. The summed E-state index contributed by atoms with van der Waals surface area (Å²) in [5.41, 5.74) is 6.83. The first-order valence-electron chi connectivity index (χ1n) is 6.07. The molecule has 0 saturated heterocycles. The van der Waals surface area contributed by atoms with Crippen LogP contribution in [-0.2, 0) is 6.42 Å². The average Bonchev–Trinajstić information content (AvgIpc) is 2.30. The first kappa shape index (κ1) is 14.5. The smallest absolute Gasteiger partial charge is 0.0502 e. The number of nitrogens with two attached hydrogens (primary N) is 1. The summed E-state index contributed by atoms with van der Waals surface area (Å²) < 4.78 is 0. The van der Waals surface area contributed by atoms with Gasteiger partial charge in [-0.15, -0.1) is 0 Å². The van der Waals surface area contributed by atoms with Gasteiger partial charge >= 0.3 is 0 Å². The fourth-order valence-electron chi connectivity index (χ4n) is 2.31. The van der Waals surface area contributed by atoms with E-state index < -0.39 is 0 Å². The second kappa shape index (κ2) is 6.39. The molecular weight excluding hydrogens is 234 g/mol. The monoisotopic (exact) mass is 255 g/mol. The second-order valence-electron chi connectivity index (χ2n) is 5.26. The molecule has 3 heteroatoms.